The molecule has 0 radical (unpaired) electrons. The van der Waals surface area contributed by atoms with Crippen LogP contribution in [0.2, 0.25) is 0 Å². The minimum atomic E-state index is -1.46. The molecule has 2 amide bonds. The molecule has 5 atom stereocenters. The Kier molecular flexibility index (Phi) is 17.1. The summed E-state index contributed by atoms with van der Waals surface area (Å²) in [4.78, 5) is 33.7. The van der Waals surface area contributed by atoms with Crippen molar-refractivity contribution in [1.29, 1.82) is 0 Å². The molecule has 0 aliphatic carbocycles. The monoisotopic (exact) mass is 526 g/mol. The normalized spacial score (nSPS) is 23.8. The van der Waals surface area contributed by atoms with Gasteiger partial charge in [0, 0.05) is 13.5 Å². The van der Waals surface area contributed by atoms with Gasteiger partial charge < -0.3 is 59.5 Å². The molecule has 1 aliphatic rings. The number of carbonyl (C=O) groups is 3. The molecule has 0 saturated carbocycles. The van der Waals surface area contributed by atoms with Gasteiger partial charge in [-0.2, -0.15) is 0 Å². The highest BCUT2D eigenvalue weighted by molar-refractivity contribution is 5.77. The highest BCUT2D eigenvalue weighted by Crippen LogP contribution is 2.22. The van der Waals surface area contributed by atoms with Gasteiger partial charge in [0.25, 0.3) is 0 Å². The van der Waals surface area contributed by atoms with Crippen LogP contribution in [0.25, 0.3) is 0 Å². The Morgan fingerprint density at radius 1 is 0.861 bits per heavy atom. The zero-order valence-corrected chi connectivity index (χ0v) is 20.3. The molecule has 6 N–H and O–H groups in total. The van der Waals surface area contributed by atoms with Gasteiger partial charge >= 0.3 is 5.97 Å². The third kappa shape index (κ3) is 14.0. The van der Waals surface area contributed by atoms with Crippen molar-refractivity contribution in [2.75, 3.05) is 72.6 Å². The molecule has 15 nitrogen and oxygen atoms in total. The fraction of sp³-hybridized carbons (Fsp3) is 0.857. The lowest BCUT2D eigenvalue weighted by molar-refractivity contribution is -0.268. The fourth-order valence-corrected chi connectivity index (χ4v) is 3.01. The molecular formula is C21H38N2O13. The van der Waals surface area contributed by atoms with Crippen molar-refractivity contribution >= 4 is 17.8 Å². The first-order valence-corrected chi connectivity index (χ1v) is 11.6. The maximum Gasteiger partial charge on any atom is 0.305 e. The number of rotatable bonds is 20. The number of aliphatic hydroxyl groups is 3. The molecule has 0 bridgehead atoms. The average Bonchev–Trinajstić information content (AvgIpc) is 2.83. The number of nitrogens with one attached hydrogen (secondary N) is 2. The van der Waals surface area contributed by atoms with E-state index in [0.717, 1.165) is 0 Å². The molecule has 36 heavy (non-hydrogen) atoms. The van der Waals surface area contributed by atoms with Crippen molar-refractivity contribution in [3.63, 3.8) is 0 Å². The lowest BCUT2D eigenvalue weighted by Gasteiger charge is -2.42. The summed E-state index contributed by atoms with van der Waals surface area (Å²) in [7, 11) is 0. The summed E-state index contributed by atoms with van der Waals surface area (Å²) in [5.74, 6) is -1.90. The molecule has 210 valence electrons. The van der Waals surface area contributed by atoms with Crippen LogP contribution in [-0.4, -0.2) is 141 Å². The molecule has 1 heterocycles. The Balaban J connectivity index is 2.06. The van der Waals surface area contributed by atoms with Gasteiger partial charge in [-0.05, 0) is 0 Å². The van der Waals surface area contributed by atoms with Crippen molar-refractivity contribution < 1.29 is 63.2 Å². The first kappa shape index (κ1) is 32.1. The van der Waals surface area contributed by atoms with E-state index < -0.39 is 61.6 Å². The molecule has 0 aromatic carbocycles. The summed E-state index contributed by atoms with van der Waals surface area (Å²) in [6.45, 7) is 2.77. The standard InChI is InChI=1S/C21H38N2O13/c1-14(25)23-18-20(30)19(29)15(12-24)36-21(18)35-13-16(26)22-3-5-32-7-9-34-11-10-33-8-6-31-4-2-17(27)28/h15,18-21,24,29-30H,2-13H2,1H3,(H,22,26)(H,23,25)(H,27,28)/t15-,18+,19-,20-,21-/m1/s1. The number of aliphatic hydroxyl groups excluding tert-OH is 3. The Labute approximate surface area is 208 Å². The predicted octanol–water partition coefficient (Wildman–Crippen LogP) is -3.40. The second kappa shape index (κ2) is 19.2. The molecule has 1 aliphatic heterocycles. The van der Waals surface area contributed by atoms with Crippen LogP contribution in [0.15, 0.2) is 0 Å². The molecule has 15 heteroatoms. The number of hydrogen-bond acceptors (Lipinski definition) is 12. The van der Waals surface area contributed by atoms with Gasteiger partial charge in [-0.3, -0.25) is 14.4 Å². The molecule has 0 aromatic rings. The van der Waals surface area contributed by atoms with E-state index in [1.54, 1.807) is 0 Å². The lowest BCUT2D eigenvalue weighted by atomic mass is 9.97. The number of carboxylic acid groups (broad SMARTS) is 1. The fourth-order valence-electron chi connectivity index (χ4n) is 3.01. The van der Waals surface area contributed by atoms with E-state index in [0.29, 0.717) is 39.6 Å². The average molecular weight is 527 g/mol. The number of amides is 2. The number of hydrogen-bond donors (Lipinski definition) is 6. The zero-order chi connectivity index (χ0) is 26.8. The van der Waals surface area contributed by atoms with E-state index in [9.17, 15) is 29.7 Å². The molecule has 1 fully saturated rings. The van der Waals surface area contributed by atoms with Gasteiger partial charge in [0.15, 0.2) is 6.29 Å². The van der Waals surface area contributed by atoms with Gasteiger partial charge in [-0.25, -0.2) is 0 Å². The van der Waals surface area contributed by atoms with Crippen LogP contribution in [0.3, 0.4) is 0 Å². The summed E-state index contributed by atoms with van der Waals surface area (Å²) in [6, 6.07) is -1.13. The number of ether oxygens (including phenoxy) is 6. The predicted molar refractivity (Wildman–Crippen MR) is 120 cm³/mol. The van der Waals surface area contributed by atoms with Gasteiger partial charge in [-0.1, -0.05) is 0 Å². The molecule has 1 rings (SSSR count). The minimum Gasteiger partial charge on any atom is -0.481 e. The van der Waals surface area contributed by atoms with E-state index in [1.807, 2.05) is 0 Å². The largest absolute Gasteiger partial charge is 0.481 e. The topological polar surface area (TPSA) is 212 Å². The van der Waals surface area contributed by atoms with E-state index in [1.165, 1.54) is 6.92 Å². The second-order valence-corrected chi connectivity index (χ2v) is 7.69. The van der Waals surface area contributed by atoms with Gasteiger partial charge in [0.2, 0.25) is 11.8 Å². The summed E-state index contributed by atoms with van der Waals surface area (Å²) < 4.78 is 31.7. The number of carbonyl (C=O) groups excluding carboxylic acids is 2. The lowest BCUT2D eigenvalue weighted by Crippen LogP contribution is -2.64. The SMILES string of the molecule is CC(=O)N[C@@H]1[C@H](OCC(=O)NCCOCCOCCOCCOCCC(=O)O)O[C@H](CO)[C@@H](O)[C@@H]1O. The van der Waals surface area contributed by atoms with Crippen LogP contribution < -0.4 is 10.6 Å². The van der Waals surface area contributed by atoms with Crippen molar-refractivity contribution in [2.24, 2.45) is 0 Å². The highest BCUT2D eigenvalue weighted by atomic mass is 16.7. The zero-order valence-electron chi connectivity index (χ0n) is 20.3. The molecular weight excluding hydrogens is 488 g/mol. The van der Waals surface area contributed by atoms with E-state index in [2.05, 4.69) is 10.6 Å². The van der Waals surface area contributed by atoms with Crippen LogP contribution in [0.4, 0.5) is 0 Å². The molecule has 0 spiro atoms. The quantitative estimate of drug-likeness (QED) is 0.0855. The second-order valence-electron chi connectivity index (χ2n) is 7.69. The Bertz CT molecular complexity index is 639. The minimum absolute atomic E-state index is 0.0427. The molecule has 0 unspecified atom stereocenters. The van der Waals surface area contributed by atoms with E-state index in [4.69, 9.17) is 33.5 Å². The van der Waals surface area contributed by atoms with Crippen LogP contribution in [0, 0.1) is 0 Å². The van der Waals surface area contributed by atoms with Crippen LogP contribution in [0.5, 0.6) is 0 Å². The van der Waals surface area contributed by atoms with E-state index in [-0.39, 0.29) is 26.2 Å². The van der Waals surface area contributed by atoms with Gasteiger partial charge in [-0.15, -0.1) is 0 Å². The van der Waals surface area contributed by atoms with Crippen molar-refractivity contribution in [3.8, 4) is 0 Å². The summed E-state index contributed by atoms with van der Waals surface area (Å²) in [6.07, 6.45) is -5.33. The summed E-state index contributed by atoms with van der Waals surface area (Å²) >= 11 is 0. The number of aliphatic carboxylic acids is 1. The maximum absolute atomic E-state index is 12.0. The summed E-state index contributed by atoms with van der Waals surface area (Å²) in [5.41, 5.74) is 0. The van der Waals surface area contributed by atoms with Crippen LogP contribution in [-0.2, 0) is 42.8 Å². The van der Waals surface area contributed by atoms with E-state index >= 15 is 0 Å². The number of carboxylic acids is 1. The first-order chi connectivity index (χ1) is 17.3. The third-order valence-electron chi connectivity index (χ3n) is 4.77. The van der Waals surface area contributed by atoms with Crippen molar-refractivity contribution in [2.45, 2.75) is 44.0 Å². The van der Waals surface area contributed by atoms with Crippen LogP contribution >= 0.6 is 0 Å². The van der Waals surface area contributed by atoms with Gasteiger partial charge in [0.05, 0.1) is 65.9 Å². The first-order valence-electron chi connectivity index (χ1n) is 11.6. The highest BCUT2D eigenvalue weighted by Gasteiger charge is 2.45. The van der Waals surface area contributed by atoms with Gasteiger partial charge in [0.1, 0.15) is 31.0 Å². The smallest absolute Gasteiger partial charge is 0.305 e. The third-order valence-corrected chi connectivity index (χ3v) is 4.77. The Hall–Kier alpha value is -1.95. The molecule has 1 saturated heterocycles. The van der Waals surface area contributed by atoms with Crippen molar-refractivity contribution in [3.05, 3.63) is 0 Å². The van der Waals surface area contributed by atoms with Crippen LogP contribution in [0.1, 0.15) is 13.3 Å². The van der Waals surface area contributed by atoms with Crippen molar-refractivity contribution in [1.82, 2.24) is 10.6 Å². The Morgan fingerprint density at radius 3 is 1.94 bits per heavy atom. The molecule has 0 aromatic heterocycles. The maximum atomic E-state index is 12.0. The summed E-state index contributed by atoms with van der Waals surface area (Å²) in [5, 5.41) is 42.9. The Morgan fingerprint density at radius 2 is 1.42 bits per heavy atom.